The van der Waals surface area contributed by atoms with Gasteiger partial charge in [-0.1, -0.05) is 54.1 Å². The van der Waals surface area contributed by atoms with Crippen molar-refractivity contribution in [3.8, 4) is 11.3 Å². The van der Waals surface area contributed by atoms with Crippen molar-refractivity contribution in [2.45, 2.75) is 45.1 Å². The van der Waals surface area contributed by atoms with Gasteiger partial charge in [0.05, 0.1) is 11.7 Å². The summed E-state index contributed by atoms with van der Waals surface area (Å²) in [6, 6.07) is 17.7. The molecule has 168 valence electrons. The lowest BCUT2D eigenvalue weighted by Crippen LogP contribution is -2.37. The summed E-state index contributed by atoms with van der Waals surface area (Å²) in [6.45, 7) is 2.71. The van der Waals surface area contributed by atoms with Gasteiger partial charge in [-0.3, -0.25) is 4.79 Å². The SMILES string of the molecule is Cc1[nH]c(C(Cc2ccccc2)NC(=O)C2CCC(CN)CC2)nc1-c1cccc(Cl)c1. The number of nitrogens with zero attached hydrogens (tertiary/aromatic N) is 1. The maximum Gasteiger partial charge on any atom is 0.223 e. The molecular formula is C26H31ClN4O. The van der Waals surface area contributed by atoms with Gasteiger partial charge >= 0.3 is 0 Å². The minimum atomic E-state index is -0.233. The van der Waals surface area contributed by atoms with Crippen LogP contribution in [-0.2, 0) is 11.2 Å². The van der Waals surface area contributed by atoms with Gasteiger partial charge in [0.2, 0.25) is 5.91 Å². The Bertz CT molecular complexity index is 1040. The Morgan fingerprint density at radius 1 is 1.16 bits per heavy atom. The van der Waals surface area contributed by atoms with Crippen molar-refractivity contribution >= 4 is 17.5 Å². The Hall–Kier alpha value is -2.63. The van der Waals surface area contributed by atoms with Crippen LogP contribution in [0.5, 0.6) is 0 Å². The normalized spacial score (nSPS) is 19.5. The molecule has 2 aromatic carbocycles. The Morgan fingerprint density at radius 2 is 1.91 bits per heavy atom. The molecule has 0 spiro atoms. The van der Waals surface area contributed by atoms with Crippen molar-refractivity contribution in [3.05, 3.63) is 76.7 Å². The monoisotopic (exact) mass is 450 g/mol. The summed E-state index contributed by atoms with van der Waals surface area (Å²) in [6.07, 6.45) is 4.52. The minimum absolute atomic E-state index is 0.0412. The number of hydrogen-bond donors (Lipinski definition) is 3. The first-order chi connectivity index (χ1) is 15.5. The lowest BCUT2D eigenvalue weighted by Gasteiger charge is -2.28. The van der Waals surface area contributed by atoms with Crippen molar-refractivity contribution in [1.82, 2.24) is 15.3 Å². The number of halogens is 1. The number of carbonyl (C=O) groups is 1. The number of nitrogens with two attached hydrogens (primary N) is 1. The Balaban J connectivity index is 1.57. The lowest BCUT2D eigenvalue weighted by atomic mass is 9.81. The summed E-state index contributed by atoms with van der Waals surface area (Å²) in [7, 11) is 0. The van der Waals surface area contributed by atoms with Gasteiger partial charge in [-0.15, -0.1) is 0 Å². The molecule has 1 amide bonds. The number of aromatic amines is 1. The lowest BCUT2D eigenvalue weighted by molar-refractivity contribution is -0.127. The third-order valence-corrected chi connectivity index (χ3v) is 6.72. The van der Waals surface area contributed by atoms with E-state index in [1.165, 1.54) is 0 Å². The predicted octanol–water partition coefficient (Wildman–Crippen LogP) is 5.20. The molecule has 0 saturated heterocycles. The van der Waals surface area contributed by atoms with Gasteiger partial charge in [0.15, 0.2) is 0 Å². The van der Waals surface area contributed by atoms with Crippen LogP contribution in [0.25, 0.3) is 11.3 Å². The van der Waals surface area contributed by atoms with Gasteiger partial charge < -0.3 is 16.0 Å². The number of amides is 1. The van der Waals surface area contributed by atoms with E-state index in [0.717, 1.165) is 54.0 Å². The summed E-state index contributed by atoms with van der Waals surface area (Å²) in [5.74, 6) is 1.47. The molecular weight excluding hydrogens is 420 g/mol. The van der Waals surface area contributed by atoms with E-state index in [-0.39, 0.29) is 17.9 Å². The first-order valence-corrected chi connectivity index (χ1v) is 11.8. The fraction of sp³-hybridized carbons (Fsp3) is 0.385. The van der Waals surface area contributed by atoms with Crippen LogP contribution in [0.4, 0.5) is 0 Å². The van der Waals surface area contributed by atoms with Crippen LogP contribution in [0.3, 0.4) is 0 Å². The number of benzene rings is 2. The van der Waals surface area contributed by atoms with Crippen molar-refractivity contribution in [1.29, 1.82) is 0 Å². The molecule has 3 aromatic rings. The maximum absolute atomic E-state index is 13.2. The Labute approximate surface area is 194 Å². The number of H-pyrrole nitrogens is 1. The molecule has 1 saturated carbocycles. The van der Waals surface area contributed by atoms with E-state index in [2.05, 4.69) is 22.4 Å². The molecule has 1 unspecified atom stereocenters. The second kappa shape index (κ2) is 10.3. The van der Waals surface area contributed by atoms with E-state index in [0.29, 0.717) is 23.9 Å². The first-order valence-electron chi connectivity index (χ1n) is 11.4. The van der Waals surface area contributed by atoms with Gasteiger partial charge in [0.1, 0.15) is 5.82 Å². The second-order valence-corrected chi connectivity index (χ2v) is 9.25. The molecule has 1 aliphatic carbocycles. The van der Waals surface area contributed by atoms with E-state index >= 15 is 0 Å². The van der Waals surface area contributed by atoms with E-state index < -0.39 is 0 Å². The maximum atomic E-state index is 13.2. The summed E-state index contributed by atoms with van der Waals surface area (Å²) in [5.41, 5.74) is 9.75. The zero-order valence-corrected chi connectivity index (χ0v) is 19.2. The van der Waals surface area contributed by atoms with Crippen LogP contribution in [0.1, 0.15) is 48.8 Å². The molecule has 1 aromatic heterocycles. The molecule has 4 rings (SSSR count). The summed E-state index contributed by atoms with van der Waals surface area (Å²) in [5, 5.41) is 3.97. The van der Waals surface area contributed by atoms with E-state index in [9.17, 15) is 4.79 Å². The van der Waals surface area contributed by atoms with Crippen LogP contribution in [-0.4, -0.2) is 22.4 Å². The van der Waals surface area contributed by atoms with Crippen molar-refractivity contribution in [3.63, 3.8) is 0 Å². The number of imidazole rings is 1. The van der Waals surface area contributed by atoms with E-state index in [1.807, 2.05) is 49.4 Å². The molecule has 1 atom stereocenters. The molecule has 4 N–H and O–H groups in total. The molecule has 1 aliphatic rings. The van der Waals surface area contributed by atoms with Crippen LogP contribution < -0.4 is 11.1 Å². The van der Waals surface area contributed by atoms with Crippen molar-refractivity contribution < 1.29 is 4.79 Å². The molecule has 6 heteroatoms. The summed E-state index contributed by atoms with van der Waals surface area (Å²) in [4.78, 5) is 21.5. The topological polar surface area (TPSA) is 83.8 Å². The number of aryl methyl sites for hydroxylation is 1. The van der Waals surface area contributed by atoms with Gasteiger partial charge in [-0.05, 0) is 69.2 Å². The van der Waals surface area contributed by atoms with Crippen molar-refractivity contribution in [2.75, 3.05) is 6.54 Å². The molecule has 5 nitrogen and oxygen atoms in total. The molecule has 1 heterocycles. The van der Waals surface area contributed by atoms with Crippen LogP contribution >= 0.6 is 11.6 Å². The average Bonchev–Trinajstić information content (AvgIpc) is 3.21. The van der Waals surface area contributed by atoms with Crippen LogP contribution in [0.2, 0.25) is 5.02 Å². The summed E-state index contributed by atoms with van der Waals surface area (Å²) < 4.78 is 0. The number of hydrogen-bond acceptors (Lipinski definition) is 3. The quantitative estimate of drug-likeness (QED) is 0.462. The third-order valence-electron chi connectivity index (χ3n) is 6.48. The van der Waals surface area contributed by atoms with Gasteiger partial charge in [-0.2, -0.15) is 0 Å². The minimum Gasteiger partial charge on any atom is -0.346 e. The van der Waals surface area contributed by atoms with Crippen LogP contribution in [0.15, 0.2) is 54.6 Å². The molecule has 1 fully saturated rings. The highest BCUT2D eigenvalue weighted by atomic mass is 35.5. The van der Waals surface area contributed by atoms with Gasteiger partial charge in [0, 0.05) is 22.2 Å². The predicted molar refractivity (Wildman–Crippen MR) is 129 cm³/mol. The number of rotatable bonds is 7. The first kappa shape index (κ1) is 22.6. The van der Waals surface area contributed by atoms with Gasteiger partial charge in [0.25, 0.3) is 0 Å². The standard InChI is InChI=1S/C26H31ClN4O/c1-17-24(21-8-5-9-22(27)15-21)31-25(29-17)23(14-18-6-3-2-4-7-18)30-26(32)20-12-10-19(16-28)11-13-20/h2-9,15,19-20,23H,10-14,16,28H2,1H3,(H,29,31)(H,30,32). The number of carbonyl (C=O) groups excluding carboxylic acids is 1. The van der Waals surface area contributed by atoms with E-state index in [4.69, 9.17) is 22.3 Å². The van der Waals surface area contributed by atoms with Crippen molar-refractivity contribution in [2.24, 2.45) is 17.6 Å². The summed E-state index contributed by atoms with van der Waals surface area (Å²) >= 11 is 6.20. The van der Waals surface area contributed by atoms with Gasteiger partial charge in [-0.25, -0.2) is 4.98 Å². The third kappa shape index (κ3) is 5.40. The highest BCUT2D eigenvalue weighted by Gasteiger charge is 2.28. The molecule has 32 heavy (non-hydrogen) atoms. The average molecular weight is 451 g/mol. The molecule has 0 bridgehead atoms. The Morgan fingerprint density at radius 3 is 2.59 bits per heavy atom. The Kier molecular flexibility index (Phi) is 7.28. The molecule has 0 aliphatic heterocycles. The highest BCUT2D eigenvalue weighted by Crippen LogP contribution is 2.30. The fourth-order valence-corrected chi connectivity index (χ4v) is 4.77. The zero-order valence-electron chi connectivity index (χ0n) is 18.5. The van der Waals surface area contributed by atoms with Crippen LogP contribution in [0, 0.1) is 18.8 Å². The largest absolute Gasteiger partial charge is 0.346 e. The number of aromatic nitrogens is 2. The highest BCUT2D eigenvalue weighted by molar-refractivity contribution is 6.30. The zero-order chi connectivity index (χ0) is 22.5. The second-order valence-electron chi connectivity index (χ2n) is 8.81. The smallest absolute Gasteiger partial charge is 0.223 e. The number of nitrogens with one attached hydrogen (secondary N) is 2. The molecule has 0 radical (unpaired) electrons. The van der Waals surface area contributed by atoms with E-state index in [1.54, 1.807) is 0 Å². The fourth-order valence-electron chi connectivity index (χ4n) is 4.58.